The third-order valence-corrected chi connectivity index (χ3v) is 2.80. The van der Waals surface area contributed by atoms with Gasteiger partial charge in [-0.15, -0.1) is 0 Å². The van der Waals surface area contributed by atoms with Gasteiger partial charge in [0.1, 0.15) is 0 Å². The molecule has 81 valence electrons. The predicted octanol–water partition coefficient (Wildman–Crippen LogP) is 0.778. The molecule has 0 aliphatic carbocycles. The molecule has 0 aromatic heterocycles. The number of hydrogen-bond donors (Lipinski definition) is 1. The lowest BCUT2D eigenvalue weighted by Gasteiger charge is -2.18. The molecule has 1 saturated heterocycles. The van der Waals surface area contributed by atoms with Crippen molar-refractivity contribution in [3.63, 3.8) is 0 Å². The highest BCUT2D eigenvalue weighted by atomic mass is 16.5. The van der Waals surface area contributed by atoms with Crippen LogP contribution in [-0.2, 0) is 11.3 Å². The highest BCUT2D eigenvalue weighted by Gasteiger charge is 2.26. The number of ether oxygens (including phenoxy) is 1. The Kier molecular flexibility index (Phi) is 3.72. The monoisotopic (exact) mass is 205 g/mol. The number of benzene rings is 1. The second-order valence-electron chi connectivity index (χ2n) is 3.84. The summed E-state index contributed by atoms with van der Waals surface area (Å²) in [6, 6.07) is 10.8. The van der Waals surface area contributed by atoms with Crippen LogP contribution < -0.4 is 10.6 Å². The minimum absolute atomic E-state index is 0.244. The maximum atomic E-state index is 5.36. The number of nitrogens with zero attached hydrogens (tertiary/aromatic N) is 1. The first-order valence-corrected chi connectivity index (χ1v) is 5.33. The summed E-state index contributed by atoms with van der Waals surface area (Å²) in [6.45, 7) is 2.58. The first kappa shape index (κ1) is 10.6. The highest BCUT2D eigenvalue weighted by Crippen LogP contribution is 2.06. The quantitative estimate of drug-likeness (QED) is 0.788. The third kappa shape index (κ3) is 2.78. The molecule has 1 aromatic carbocycles. The Morgan fingerprint density at radius 3 is 2.87 bits per heavy atom. The number of rotatable bonds is 4. The zero-order valence-corrected chi connectivity index (χ0v) is 9.02. The van der Waals surface area contributed by atoms with Gasteiger partial charge in [0.05, 0.1) is 6.10 Å². The van der Waals surface area contributed by atoms with Crippen LogP contribution in [0.1, 0.15) is 5.56 Å². The molecule has 0 bridgehead atoms. The fourth-order valence-electron chi connectivity index (χ4n) is 1.87. The lowest BCUT2D eigenvalue weighted by molar-refractivity contribution is 0.0957. The Balaban J connectivity index is 1.83. The topological polar surface area (TPSA) is 35.4 Å². The van der Waals surface area contributed by atoms with Crippen LogP contribution in [0.2, 0.25) is 0 Å². The van der Waals surface area contributed by atoms with Crippen molar-refractivity contribution in [2.45, 2.75) is 18.7 Å². The Morgan fingerprint density at radius 1 is 1.33 bits per heavy atom. The first-order valence-electron chi connectivity index (χ1n) is 5.33. The van der Waals surface area contributed by atoms with Crippen LogP contribution >= 0.6 is 0 Å². The van der Waals surface area contributed by atoms with E-state index in [4.69, 9.17) is 4.74 Å². The van der Waals surface area contributed by atoms with Crippen molar-refractivity contribution in [3.8, 4) is 0 Å². The maximum absolute atomic E-state index is 5.36. The van der Waals surface area contributed by atoms with Crippen LogP contribution in [0, 0.1) is 0 Å². The van der Waals surface area contributed by atoms with Crippen molar-refractivity contribution in [1.29, 1.82) is 0 Å². The van der Waals surface area contributed by atoms with Gasteiger partial charge in [-0.25, -0.2) is 5.32 Å². The highest BCUT2D eigenvalue weighted by molar-refractivity contribution is 5.14. The van der Waals surface area contributed by atoms with Crippen molar-refractivity contribution in [2.75, 3.05) is 20.2 Å². The molecule has 15 heavy (non-hydrogen) atoms. The summed E-state index contributed by atoms with van der Waals surface area (Å²) in [5.74, 6) is 0. The average molecular weight is 205 g/mol. The Bertz CT molecular complexity index is 289. The third-order valence-electron chi connectivity index (χ3n) is 2.80. The van der Waals surface area contributed by atoms with Gasteiger partial charge >= 0.3 is 0 Å². The van der Waals surface area contributed by atoms with Crippen LogP contribution in [0.3, 0.4) is 0 Å². The largest absolute Gasteiger partial charge is 0.378 e. The van der Waals surface area contributed by atoms with Crippen LogP contribution in [-0.4, -0.2) is 32.3 Å². The van der Waals surface area contributed by atoms with E-state index in [1.54, 1.807) is 7.11 Å². The molecule has 1 radical (unpaired) electrons. The van der Waals surface area contributed by atoms with Gasteiger partial charge in [-0.1, -0.05) is 30.3 Å². The number of methoxy groups -OCH3 is 1. The van der Waals surface area contributed by atoms with E-state index < -0.39 is 0 Å². The zero-order valence-electron chi connectivity index (χ0n) is 9.02. The maximum Gasteiger partial charge on any atom is 0.0878 e. The molecular formula is C12H17N2O. The van der Waals surface area contributed by atoms with Crippen LogP contribution in [0.15, 0.2) is 30.3 Å². The molecule has 2 rings (SSSR count). The Morgan fingerprint density at radius 2 is 2.13 bits per heavy atom. The fourth-order valence-corrected chi connectivity index (χ4v) is 1.87. The van der Waals surface area contributed by atoms with E-state index in [2.05, 4.69) is 34.9 Å². The molecule has 2 atom stereocenters. The van der Waals surface area contributed by atoms with Crippen LogP contribution in [0.4, 0.5) is 0 Å². The zero-order chi connectivity index (χ0) is 10.5. The van der Waals surface area contributed by atoms with E-state index in [1.165, 1.54) is 5.56 Å². The molecule has 0 amide bonds. The van der Waals surface area contributed by atoms with Gasteiger partial charge in [0.2, 0.25) is 0 Å². The molecule has 3 heteroatoms. The molecule has 1 fully saturated rings. The van der Waals surface area contributed by atoms with Crippen molar-refractivity contribution in [2.24, 2.45) is 0 Å². The number of nitrogens with one attached hydrogen (secondary N) is 1. The van der Waals surface area contributed by atoms with Crippen molar-refractivity contribution in [1.82, 2.24) is 10.6 Å². The summed E-state index contributed by atoms with van der Waals surface area (Å²) in [4.78, 5) is 0. The van der Waals surface area contributed by atoms with Crippen LogP contribution in [0.25, 0.3) is 0 Å². The second kappa shape index (κ2) is 5.26. The van der Waals surface area contributed by atoms with Crippen LogP contribution in [0.5, 0.6) is 0 Å². The van der Waals surface area contributed by atoms with Gasteiger partial charge in [0, 0.05) is 32.8 Å². The Labute approximate surface area is 90.8 Å². The minimum atomic E-state index is 0.244. The van der Waals surface area contributed by atoms with Crippen molar-refractivity contribution in [3.05, 3.63) is 35.9 Å². The summed E-state index contributed by atoms with van der Waals surface area (Å²) in [7, 11) is 1.75. The van der Waals surface area contributed by atoms with E-state index in [-0.39, 0.29) is 6.10 Å². The lowest BCUT2D eigenvalue weighted by atomic mass is 10.2. The van der Waals surface area contributed by atoms with E-state index in [9.17, 15) is 0 Å². The number of hydrogen-bond acceptors (Lipinski definition) is 2. The molecular weight excluding hydrogens is 188 g/mol. The summed E-state index contributed by atoms with van der Waals surface area (Å²) >= 11 is 0. The van der Waals surface area contributed by atoms with Crippen molar-refractivity contribution >= 4 is 0 Å². The van der Waals surface area contributed by atoms with Gasteiger partial charge in [0.15, 0.2) is 0 Å². The van der Waals surface area contributed by atoms with E-state index in [1.807, 2.05) is 6.07 Å². The fraction of sp³-hybridized carbons (Fsp3) is 0.500. The summed E-state index contributed by atoms with van der Waals surface area (Å²) in [6.07, 6.45) is 0.244. The van der Waals surface area contributed by atoms with Gasteiger partial charge in [-0.3, -0.25) is 0 Å². The van der Waals surface area contributed by atoms with E-state index in [0.29, 0.717) is 6.04 Å². The van der Waals surface area contributed by atoms with Gasteiger partial charge < -0.3 is 10.1 Å². The molecule has 1 aromatic rings. The van der Waals surface area contributed by atoms with Gasteiger partial charge in [-0.2, -0.15) is 0 Å². The van der Waals surface area contributed by atoms with E-state index in [0.717, 1.165) is 19.6 Å². The Hall–Kier alpha value is -0.900. The molecule has 3 nitrogen and oxygen atoms in total. The summed E-state index contributed by atoms with van der Waals surface area (Å²) in [5, 5.41) is 7.82. The normalized spacial score (nSPS) is 25.7. The van der Waals surface area contributed by atoms with Gasteiger partial charge in [0.25, 0.3) is 0 Å². The minimum Gasteiger partial charge on any atom is -0.378 e. The average Bonchev–Trinajstić information content (AvgIpc) is 2.75. The smallest absolute Gasteiger partial charge is 0.0878 e. The molecule has 2 unspecified atom stereocenters. The summed E-state index contributed by atoms with van der Waals surface area (Å²) in [5.41, 5.74) is 1.30. The van der Waals surface area contributed by atoms with E-state index >= 15 is 0 Å². The van der Waals surface area contributed by atoms with Crippen molar-refractivity contribution < 1.29 is 4.74 Å². The molecule has 0 spiro atoms. The summed E-state index contributed by atoms with van der Waals surface area (Å²) < 4.78 is 5.36. The SMILES string of the molecule is COC1C[N]CC1NCc1ccccc1. The molecule has 1 aliphatic heterocycles. The second-order valence-corrected chi connectivity index (χ2v) is 3.84. The predicted molar refractivity (Wildman–Crippen MR) is 59.7 cm³/mol. The molecule has 1 heterocycles. The standard InChI is InChI=1S/C12H17N2O/c1-15-12-9-13-8-11(12)14-7-10-5-3-2-4-6-10/h2-6,11-12,14H,7-9H2,1H3. The first-order chi connectivity index (χ1) is 7.40. The molecule has 1 N–H and O–H groups in total. The molecule has 0 saturated carbocycles. The van der Waals surface area contributed by atoms with Gasteiger partial charge in [-0.05, 0) is 5.56 Å². The lowest BCUT2D eigenvalue weighted by Crippen LogP contribution is -2.39. The molecule has 1 aliphatic rings.